The molecule has 0 saturated carbocycles. The summed E-state index contributed by atoms with van der Waals surface area (Å²) in [6.07, 6.45) is 0. The van der Waals surface area contributed by atoms with E-state index < -0.39 is 0 Å². The first-order valence-electron chi connectivity index (χ1n) is 5.70. The number of rotatable bonds is 1. The van der Waals surface area contributed by atoms with E-state index in [-0.39, 0.29) is 5.75 Å². The van der Waals surface area contributed by atoms with Crippen molar-refractivity contribution in [3.8, 4) is 11.4 Å². The summed E-state index contributed by atoms with van der Waals surface area (Å²) in [6.45, 7) is 2.03. The van der Waals surface area contributed by atoms with Crippen LogP contribution in [0.1, 0.15) is 5.56 Å². The van der Waals surface area contributed by atoms with Gasteiger partial charge in [0, 0.05) is 5.69 Å². The van der Waals surface area contributed by atoms with Gasteiger partial charge in [-0.25, -0.2) is 4.98 Å². The fourth-order valence-corrected chi connectivity index (χ4v) is 2.18. The highest BCUT2D eigenvalue weighted by Gasteiger charge is 2.11. The predicted octanol–water partition coefficient (Wildman–Crippen LogP) is 2.62. The first kappa shape index (κ1) is 10.7. The number of nitrogens with zero attached hydrogens (tertiary/aromatic N) is 2. The van der Waals surface area contributed by atoms with E-state index in [1.54, 1.807) is 12.1 Å². The minimum absolute atomic E-state index is 0.235. The summed E-state index contributed by atoms with van der Waals surface area (Å²) < 4.78 is 1.89. The van der Waals surface area contributed by atoms with Crippen molar-refractivity contribution < 1.29 is 5.11 Å². The molecule has 3 aromatic rings. The Hall–Kier alpha value is -2.49. The zero-order valence-electron chi connectivity index (χ0n) is 9.96. The predicted molar refractivity (Wildman–Crippen MR) is 71.9 cm³/mol. The van der Waals surface area contributed by atoms with E-state index in [4.69, 9.17) is 5.73 Å². The Kier molecular flexibility index (Phi) is 2.23. The lowest BCUT2D eigenvalue weighted by Gasteiger charge is -2.08. The summed E-state index contributed by atoms with van der Waals surface area (Å²) in [5, 5.41) is 9.34. The van der Waals surface area contributed by atoms with Crippen molar-refractivity contribution in [3.05, 3.63) is 48.0 Å². The van der Waals surface area contributed by atoms with Crippen molar-refractivity contribution in [2.24, 2.45) is 0 Å². The van der Waals surface area contributed by atoms with Crippen molar-refractivity contribution in [1.29, 1.82) is 0 Å². The Morgan fingerprint density at radius 1 is 1.11 bits per heavy atom. The number of hydrogen-bond acceptors (Lipinski definition) is 3. The third kappa shape index (κ3) is 1.50. The maximum Gasteiger partial charge on any atom is 0.205 e. The standard InChI is InChI=1S/C14H13N3O/c1-9-3-2-4-12-13(9)17(14(15)16-12)10-5-7-11(18)8-6-10/h2-8,18H,1H3,(H2,15,16). The molecule has 1 heterocycles. The van der Waals surface area contributed by atoms with E-state index in [2.05, 4.69) is 4.98 Å². The Labute approximate surface area is 104 Å². The van der Waals surface area contributed by atoms with Gasteiger partial charge in [-0.3, -0.25) is 4.57 Å². The number of phenols is 1. The molecule has 0 atom stereocenters. The number of nitrogen functional groups attached to an aromatic ring is 1. The Bertz CT molecular complexity index is 714. The van der Waals surface area contributed by atoms with Crippen LogP contribution in [0.5, 0.6) is 5.75 Å². The van der Waals surface area contributed by atoms with Crippen LogP contribution < -0.4 is 5.73 Å². The van der Waals surface area contributed by atoms with Gasteiger partial charge in [0.2, 0.25) is 5.95 Å². The van der Waals surface area contributed by atoms with Crippen LogP contribution in [0.2, 0.25) is 0 Å². The molecule has 0 aliphatic carbocycles. The van der Waals surface area contributed by atoms with E-state index in [1.165, 1.54) is 0 Å². The molecule has 18 heavy (non-hydrogen) atoms. The molecule has 0 bridgehead atoms. The number of phenolic OH excluding ortho intramolecular Hbond substituents is 1. The quantitative estimate of drug-likeness (QED) is 0.686. The van der Waals surface area contributed by atoms with Gasteiger partial charge >= 0.3 is 0 Å². The van der Waals surface area contributed by atoms with E-state index in [1.807, 2.05) is 41.8 Å². The number of hydrogen-bond donors (Lipinski definition) is 2. The molecule has 4 heteroatoms. The summed E-state index contributed by atoms with van der Waals surface area (Å²) in [5.74, 6) is 0.684. The molecule has 0 saturated heterocycles. The van der Waals surface area contributed by atoms with Gasteiger partial charge in [-0.05, 0) is 42.8 Å². The number of imidazole rings is 1. The maximum atomic E-state index is 9.34. The van der Waals surface area contributed by atoms with Gasteiger partial charge in [-0.2, -0.15) is 0 Å². The summed E-state index contributed by atoms with van der Waals surface area (Å²) in [4.78, 5) is 4.35. The molecule has 90 valence electrons. The molecule has 3 N–H and O–H groups in total. The van der Waals surface area contributed by atoms with Crippen LogP contribution in [0.15, 0.2) is 42.5 Å². The third-order valence-electron chi connectivity index (χ3n) is 3.01. The van der Waals surface area contributed by atoms with Crippen molar-refractivity contribution in [2.45, 2.75) is 6.92 Å². The molecule has 0 aliphatic rings. The van der Waals surface area contributed by atoms with Crippen LogP contribution in [-0.2, 0) is 0 Å². The molecule has 4 nitrogen and oxygen atoms in total. The molecule has 0 amide bonds. The van der Waals surface area contributed by atoms with Gasteiger partial charge in [0.05, 0.1) is 11.0 Å². The second kappa shape index (κ2) is 3.77. The highest BCUT2D eigenvalue weighted by molar-refractivity contribution is 5.83. The number of anilines is 1. The van der Waals surface area contributed by atoms with Gasteiger partial charge in [0.1, 0.15) is 5.75 Å². The Balaban J connectivity index is 2.34. The molecule has 0 radical (unpaired) electrons. The Morgan fingerprint density at radius 2 is 1.83 bits per heavy atom. The number of nitrogens with two attached hydrogens (primary N) is 1. The lowest BCUT2D eigenvalue weighted by atomic mass is 10.2. The number of fused-ring (bicyclic) bond motifs is 1. The Morgan fingerprint density at radius 3 is 2.56 bits per heavy atom. The van der Waals surface area contributed by atoms with Crippen LogP contribution in [0.4, 0.5) is 5.95 Å². The molecule has 1 aromatic heterocycles. The topological polar surface area (TPSA) is 64.1 Å². The smallest absolute Gasteiger partial charge is 0.205 e. The van der Waals surface area contributed by atoms with Gasteiger partial charge in [0.15, 0.2) is 0 Å². The first-order chi connectivity index (χ1) is 8.66. The van der Waals surface area contributed by atoms with E-state index in [0.717, 1.165) is 22.3 Å². The average molecular weight is 239 g/mol. The number of aryl methyl sites for hydroxylation is 1. The summed E-state index contributed by atoms with van der Waals surface area (Å²) in [6, 6.07) is 12.8. The van der Waals surface area contributed by atoms with Gasteiger partial charge in [0.25, 0.3) is 0 Å². The maximum absolute atomic E-state index is 9.34. The first-order valence-corrected chi connectivity index (χ1v) is 5.70. The monoisotopic (exact) mass is 239 g/mol. The number of aromatic nitrogens is 2. The second-order valence-electron chi connectivity index (χ2n) is 4.26. The molecular weight excluding hydrogens is 226 g/mol. The number of benzene rings is 2. The zero-order chi connectivity index (χ0) is 12.7. The van der Waals surface area contributed by atoms with Crippen molar-refractivity contribution in [2.75, 3.05) is 5.73 Å². The molecule has 0 spiro atoms. The highest BCUT2D eigenvalue weighted by atomic mass is 16.3. The van der Waals surface area contributed by atoms with E-state index in [0.29, 0.717) is 5.95 Å². The normalized spacial score (nSPS) is 10.9. The fraction of sp³-hybridized carbons (Fsp3) is 0.0714. The SMILES string of the molecule is Cc1cccc2nc(N)n(-c3ccc(O)cc3)c12. The minimum Gasteiger partial charge on any atom is -0.508 e. The molecule has 3 rings (SSSR count). The number of para-hydroxylation sites is 1. The van der Waals surface area contributed by atoms with E-state index >= 15 is 0 Å². The average Bonchev–Trinajstić information content (AvgIpc) is 2.68. The molecular formula is C14H13N3O. The molecule has 0 unspecified atom stereocenters. The summed E-state index contributed by atoms with van der Waals surface area (Å²) in [5.41, 5.74) is 9.86. The summed E-state index contributed by atoms with van der Waals surface area (Å²) >= 11 is 0. The van der Waals surface area contributed by atoms with Gasteiger partial charge < -0.3 is 10.8 Å². The van der Waals surface area contributed by atoms with Crippen LogP contribution in [0, 0.1) is 6.92 Å². The van der Waals surface area contributed by atoms with Crippen LogP contribution in [0.25, 0.3) is 16.7 Å². The van der Waals surface area contributed by atoms with Crippen molar-refractivity contribution in [1.82, 2.24) is 9.55 Å². The van der Waals surface area contributed by atoms with Gasteiger partial charge in [-0.15, -0.1) is 0 Å². The summed E-state index contributed by atoms with van der Waals surface area (Å²) in [7, 11) is 0. The van der Waals surface area contributed by atoms with Gasteiger partial charge in [-0.1, -0.05) is 12.1 Å². The largest absolute Gasteiger partial charge is 0.508 e. The fourth-order valence-electron chi connectivity index (χ4n) is 2.18. The minimum atomic E-state index is 0.235. The zero-order valence-corrected chi connectivity index (χ0v) is 9.96. The van der Waals surface area contributed by atoms with Crippen molar-refractivity contribution >= 4 is 17.0 Å². The lowest BCUT2D eigenvalue weighted by molar-refractivity contribution is 0.475. The van der Waals surface area contributed by atoms with Crippen LogP contribution >= 0.6 is 0 Å². The highest BCUT2D eigenvalue weighted by Crippen LogP contribution is 2.26. The van der Waals surface area contributed by atoms with Crippen LogP contribution in [0.3, 0.4) is 0 Å². The van der Waals surface area contributed by atoms with Crippen LogP contribution in [-0.4, -0.2) is 14.7 Å². The molecule has 0 fully saturated rings. The van der Waals surface area contributed by atoms with Crippen molar-refractivity contribution in [3.63, 3.8) is 0 Å². The molecule has 0 aliphatic heterocycles. The lowest BCUT2D eigenvalue weighted by Crippen LogP contribution is -2.00. The molecule has 2 aromatic carbocycles. The third-order valence-corrected chi connectivity index (χ3v) is 3.01. The number of aromatic hydroxyl groups is 1. The van der Waals surface area contributed by atoms with E-state index in [9.17, 15) is 5.11 Å². The second-order valence-corrected chi connectivity index (χ2v) is 4.26.